The van der Waals surface area contributed by atoms with Crippen molar-refractivity contribution < 1.29 is 22.8 Å². The average Bonchev–Trinajstić information content (AvgIpc) is 2.36. The second kappa shape index (κ2) is 7.62. The molecule has 0 saturated heterocycles. The number of amides is 2. The van der Waals surface area contributed by atoms with Crippen molar-refractivity contribution in [2.24, 2.45) is 21.9 Å². The lowest BCUT2D eigenvalue weighted by Gasteiger charge is -2.18. The van der Waals surface area contributed by atoms with E-state index in [9.17, 15) is 22.8 Å². The lowest BCUT2D eigenvalue weighted by atomic mass is 9.92. The van der Waals surface area contributed by atoms with Gasteiger partial charge in [0.1, 0.15) is 0 Å². The van der Waals surface area contributed by atoms with Crippen LogP contribution in [0.3, 0.4) is 0 Å². The predicted molar refractivity (Wildman–Crippen MR) is 76.6 cm³/mol. The van der Waals surface area contributed by atoms with E-state index < -0.39 is 28.8 Å². The van der Waals surface area contributed by atoms with Gasteiger partial charge in [-0.25, -0.2) is 0 Å². The number of halogens is 3. The largest absolute Gasteiger partial charge is 0.434 e. The molecule has 0 aliphatic heterocycles. The van der Waals surface area contributed by atoms with Crippen LogP contribution in [0.15, 0.2) is 29.0 Å². The van der Waals surface area contributed by atoms with Gasteiger partial charge in [0, 0.05) is 18.9 Å². The molecular weight excluding hydrogens is 301 g/mol. The summed E-state index contributed by atoms with van der Waals surface area (Å²) in [6.07, 6.45) is -2.50. The van der Waals surface area contributed by atoms with Crippen LogP contribution in [0.5, 0.6) is 0 Å². The first-order valence-corrected chi connectivity index (χ1v) is 6.30. The van der Waals surface area contributed by atoms with E-state index in [0.717, 1.165) is 6.20 Å². The first-order chi connectivity index (χ1) is 9.97. The maximum atomic E-state index is 12.9. The summed E-state index contributed by atoms with van der Waals surface area (Å²) >= 11 is 0. The van der Waals surface area contributed by atoms with Gasteiger partial charge in [0.25, 0.3) is 5.91 Å². The van der Waals surface area contributed by atoms with Crippen LogP contribution in [0.4, 0.5) is 13.2 Å². The monoisotopic (exact) mass is 320 g/mol. The Balaban J connectivity index is 5.55. The number of hydrogen-bond donors (Lipinski definition) is 3. The Kier molecular flexibility index (Phi) is 6.82. The zero-order chi connectivity index (χ0) is 17.6. The molecule has 0 heterocycles. The fourth-order valence-corrected chi connectivity index (χ4v) is 1.34. The number of nitrogens with two attached hydrogens (primary N) is 2. The standard InChI is InChI=1S/C13H19F3N4O2/c1-4-19-11(22)12(2,3)5-6-20-9(13(14,15)16)8(7-17)10(18)21/h5-7H,4,17H2,1-3H3,(H2,18,21)(H,19,22)/b6-5+,8-7+,20-9-. The molecule has 9 heteroatoms. The Morgan fingerprint density at radius 2 is 1.82 bits per heavy atom. The van der Waals surface area contributed by atoms with Crippen LogP contribution in [-0.4, -0.2) is 30.2 Å². The molecule has 0 unspecified atom stereocenters. The molecule has 0 aliphatic rings. The van der Waals surface area contributed by atoms with Crippen molar-refractivity contribution >= 4 is 17.5 Å². The van der Waals surface area contributed by atoms with Gasteiger partial charge in [-0.15, -0.1) is 0 Å². The second-order valence-corrected chi connectivity index (χ2v) is 4.82. The number of carbonyl (C=O) groups excluding carboxylic acids is 2. The Morgan fingerprint density at radius 1 is 1.27 bits per heavy atom. The number of aliphatic imine (C=N–C) groups is 1. The minimum absolute atomic E-state index is 0.375. The Hall–Kier alpha value is -2.32. The molecule has 6 nitrogen and oxygen atoms in total. The third-order valence-corrected chi connectivity index (χ3v) is 2.57. The number of nitrogens with zero attached hydrogens (tertiary/aromatic N) is 1. The van der Waals surface area contributed by atoms with Crippen LogP contribution < -0.4 is 16.8 Å². The van der Waals surface area contributed by atoms with Crippen LogP contribution in [0, 0.1) is 5.41 Å². The van der Waals surface area contributed by atoms with Gasteiger partial charge in [-0.3, -0.25) is 14.6 Å². The number of rotatable bonds is 6. The van der Waals surface area contributed by atoms with Gasteiger partial charge < -0.3 is 16.8 Å². The highest BCUT2D eigenvalue weighted by molar-refractivity contribution is 6.23. The lowest BCUT2D eigenvalue weighted by molar-refractivity contribution is -0.127. The topological polar surface area (TPSA) is 111 Å². The summed E-state index contributed by atoms with van der Waals surface area (Å²) in [7, 11) is 0. The van der Waals surface area contributed by atoms with Crippen molar-refractivity contribution in [1.29, 1.82) is 0 Å². The quantitative estimate of drug-likeness (QED) is 0.501. The minimum atomic E-state index is -4.92. The lowest BCUT2D eigenvalue weighted by Crippen LogP contribution is -2.35. The van der Waals surface area contributed by atoms with Crippen molar-refractivity contribution in [3.63, 3.8) is 0 Å². The first kappa shape index (κ1) is 19.7. The molecule has 0 atom stereocenters. The molecule has 124 valence electrons. The molecule has 0 rings (SSSR count). The summed E-state index contributed by atoms with van der Waals surface area (Å²) in [6, 6.07) is 0. The van der Waals surface area contributed by atoms with Crippen molar-refractivity contribution in [3.05, 3.63) is 24.0 Å². The van der Waals surface area contributed by atoms with Gasteiger partial charge in [-0.1, -0.05) is 6.08 Å². The average molecular weight is 320 g/mol. The van der Waals surface area contributed by atoms with E-state index >= 15 is 0 Å². The van der Waals surface area contributed by atoms with Crippen LogP contribution >= 0.6 is 0 Å². The summed E-state index contributed by atoms with van der Waals surface area (Å²) in [4.78, 5) is 25.9. The van der Waals surface area contributed by atoms with E-state index in [2.05, 4.69) is 10.3 Å². The van der Waals surface area contributed by atoms with Crippen LogP contribution in [0.1, 0.15) is 20.8 Å². The molecule has 22 heavy (non-hydrogen) atoms. The summed E-state index contributed by atoms with van der Waals surface area (Å²) < 4.78 is 38.6. The Labute approximate surface area is 126 Å². The highest BCUT2D eigenvalue weighted by Crippen LogP contribution is 2.23. The highest BCUT2D eigenvalue weighted by atomic mass is 19.4. The third-order valence-electron chi connectivity index (χ3n) is 2.57. The summed E-state index contributed by atoms with van der Waals surface area (Å²) in [5.41, 5.74) is 6.27. The third kappa shape index (κ3) is 5.58. The van der Waals surface area contributed by atoms with Gasteiger partial charge in [0.15, 0.2) is 5.71 Å². The number of hydrogen-bond acceptors (Lipinski definition) is 4. The zero-order valence-electron chi connectivity index (χ0n) is 12.5. The fraction of sp³-hybridized carbons (Fsp3) is 0.462. The van der Waals surface area contributed by atoms with E-state index in [1.165, 1.54) is 19.9 Å². The summed E-state index contributed by atoms with van der Waals surface area (Å²) in [6.45, 7) is 5.10. The van der Waals surface area contributed by atoms with E-state index in [1.807, 2.05) is 0 Å². The number of nitrogens with one attached hydrogen (secondary N) is 1. The maximum absolute atomic E-state index is 12.9. The molecular formula is C13H19F3N4O2. The first-order valence-electron chi connectivity index (χ1n) is 6.30. The highest BCUT2D eigenvalue weighted by Gasteiger charge is 2.39. The van der Waals surface area contributed by atoms with Crippen molar-refractivity contribution in [3.8, 4) is 0 Å². The summed E-state index contributed by atoms with van der Waals surface area (Å²) in [5.74, 6) is -1.73. The van der Waals surface area contributed by atoms with Gasteiger partial charge in [0.2, 0.25) is 5.91 Å². The predicted octanol–water partition coefficient (Wildman–Crippen LogP) is 0.994. The molecule has 0 saturated carbocycles. The van der Waals surface area contributed by atoms with E-state index in [1.54, 1.807) is 6.92 Å². The van der Waals surface area contributed by atoms with E-state index in [4.69, 9.17) is 11.5 Å². The molecule has 0 aromatic heterocycles. The van der Waals surface area contributed by atoms with E-state index in [0.29, 0.717) is 12.7 Å². The van der Waals surface area contributed by atoms with Gasteiger partial charge >= 0.3 is 6.18 Å². The molecule has 0 radical (unpaired) electrons. The fourth-order valence-electron chi connectivity index (χ4n) is 1.34. The van der Waals surface area contributed by atoms with Crippen molar-refractivity contribution in [2.75, 3.05) is 6.54 Å². The summed E-state index contributed by atoms with van der Waals surface area (Å²) in [5, 5.41) is 2.54. The molecule has 5 N–H and O–H groups in total. The van der Waals surface area contributed by atoms with Crippen LogP contribution in [-0.2, 0) is 9.59 Å². The van der Waals surface area contributed by atoms with Crippen molar-refractivity contribution in [2.45, 2.75) is 26.9 Å². The second-order valence-electron chi connectivity index (χ2n) is 4.82. The zero-order valence-corrected chi connectivity index (χ0v) is 12.5. The van der Waals surface area contributed by atoms with Crippen LogP contribution in [0.2, 0.25) is 0 Å². The Morgan fingerprint density at radius 3 is 2.18 bits per heavy atom. The van der Waals surface area contributed by atoms with Crippen molar-refractivity contribution in [1.82, 2.24) is 5.32 Å². The molecule has 0 fully saturated rings. The Bertz CT molecular complexity index is 520. The maximum Gasteiger partial charge on any atom is 0.434 e. The smallest absolute Gasteiger partial charge is 0.404 e. The number of alkyl halides is 3. The SMILES string of the molecule is CCNC(=O)C(C)(C)/C=C/N=C(/C(=C\N)C(N)=O)C(F)(F)F. The molecule has 0 spiro atoms. The molecule has 0 aromatic carbocycles. The minimum Gasteiger partial charge on any atom is -0.404 e. The molecule has 2 amide bonds. The molecule has 0 aliphatic carbocycles. The number of carbonyl (C=O) groups is 2. The molecule has 0 aromatic rings. The van der Waals surface area contributed by atoms with E-state index in [-0.39, 0.29) is 5.91 Å². The van der Waals surface area contributed by atoms with Gasteiger partial charge in [-0.2, -0.15) is 13.2 Å². The van der Waals surface area contributed by atoms with Crippen LogP contribution in [0.25, 0.3) is 0 Å². The van der Waals surface area contributed by atoms with Gasteiger partial charge in [0.05, 0.1) is 11.0 Å². The van der Waals surface area contributed by atoms with Gasteiger partial charge in [-0.05, 0) is 20.8 Å². The molecule has 0 bridgehead atoms. The number of primary amides is 1. The normalized spacial score (nSPS) is 14.3.